The van der Waals surface area contributed by atoms with Crippen molar-refractivity contribution in [3.8, 4) is 5.75 Å². The molecule has 8 heteroatoms. The Morgan fingerprint density at radius 2 is 1.82 bits per heavy atom. The van der Waals surface area contributed by atoms with Crippen molar-refractivity contribution in [2.75, 3.05) is 39.8 Å². The van der Waals surface area contributed by atoms with Gasteiger partial charge < -0.3 is 18.9 Å². The summed E-state index contributed by atoms with van der Waals surface area (Å²) in [5, 5.41) is 1.92. The van der Waals surface area contributed by atoms with E-state index in [0.29, 0.717) is 13.1 Å². The van der Waals surface area contributed by atoms with Crippen molar-refractivity contribution < 1.29 is 18.7 Å². The van der Waals surface area contributed by atoms with Crippen LogP contribution in [0.1, 0.15) is 32.8 Å². The van der Waals surface area contributed by atoms with Gasteiger partial charge in [-0.25, -0.2) is 9.78 Å². The molecule has 1 fully saturated rings. The van der Waals surface area contributed by atoms with Crippen molar-refractivity contribution in [3.05, 3.63) is 35.9 Å². The fraction of sp³-hybridized carbons (Fsp3) is 0.520. The molecule has 1 saturated heterocycles. The third-order valence-corrected chi connectivity index (χ3v) is 6.10. The molecule has 178 valence electrons. The number of aromatic nitrogens is 2. The number of halogens is 1. The number of nitrogens with zero attached hydrogens (tertiary/aromatic N) is 4. The van der Waals surface area contributed by atoms with E-state index >= 15 is 0 Å². The predicted molar refractivity (Wildman–Crippen MR) is 127 cm³/mol. The van der Waals surface area contributed by atoms with E-state index in [1.54, 1.807) is 18.2 Å². The van der Waals surface area contributed by atoms with Crippen LogP contribution in [0.5, 0.6) is 5.75 Å². The highest BCUT2D eigenvalue weighted by Gasteiger charge is 2.25. The van der Waals surface area contributed by atoms with E-state index < -0.39 is 11.5 Å². The SMILES string of the molecule is COc1cc(C)c2c3cc(F)ncc3n(CCCN3CCN(C(=O)OC(C)(C)C)CC3)c2c1. The molecule has 0 atom stereocenters. The third kappa shape index (κ3) is 5.05. The number of amides is 1. The molecule has 1 aliphatic rings. The van der Waals surface area contributed by atoms with E-state index in [9.17, 15) is 9.18 Å². The van der Waals surface area contributed by atoms with Crippen LogP contribution < -0.4 is 4.74 Å². The molecule has 0 radical (unpaired) electrons. The first-order valence-corrected chi connectivity index (χ1v) is 11.5. The summed E-state index contributed by atoms with van der Waals surface area (Å²) in [4.78, 5) is 20.3. The van der Waals surface area contributed by atoms with E-state index in [4.69, 9.17) is 9.47 Å². The van der Waals surface area contributed by atoms with Crippen LogP contribution in [0.25, 0.3) is 21.8 Å². The maximum Gasteiger partial charge on any atom is 0.410 e. The molecule has 0 spiro atoms. The Labute approximate surface area is 194 Å². The number of hydrogen-bond donors (Lipinski definition) is 0. The maximum absolute atomic E-state index is 13.9. The van der Waals surface area contributed by atoms with Crippen LogP contribution in [0.2, 0.25) is 0 Å². The molecule has 33 heavy (non-hydrogen) atoms. The van der Waals surface area contributed by atoms with Gasteiger partial charge in [0.1, 0.15) is 11.4 Å². The average molecular weight is 457 g/mol. The molecule has 2 aromatic heterocycles. The topological polar surface area (TPSA) is 59.8 Å². The number of aryl methyl sites for hydroxylation is 2. The Kier molecular flexibility index (Phi) is 6.47. The van der Waals surface area contributed by atoms with Crippen LogP contribution in [0.15, 0.2) is 24.4 Å². The van der Waals surface area contributed by atoms with Gasteiger partial charge in [-0.05, 0) is 52.3 Å². The van der Waals surface area contributed by atoms with E-state index in [2.05, 4.69) is 14.5 Å². The molecular weight excluding hydrogens is 423 g/mol. The van der Waals surface area contributed by atoms with Gasteiger partial charge >= 0.3 is 6.09 Å². The summed E-state index contributed by atoms with van der Waals surface area (Å²) in [7, 11) is 1.66. The molecule has 4 rings (SSSR count). The second-order valence-electron chi connectivity index (χ2n) is 9.68. The van der Waals surface area contributed by atoms with Crippen LogP contribution >= 0.6 is 0 Å². The zero-order valence-corrected chi connectivity index (χ0v) is 20.2. The Balaban J connectivity index is 1.45. The van der Waals surface area contributed by atoms with E-state index in [0.717, 1.165) is 65.7 Å². The summed E-state index contributed by atoms with van der Waals surface area (Å²) in [6.07, 6.45) is 2.31. The van der Waals surface area contributed by atoms with Gasteiger partial charge in [0.15, 0.2) is 0 Å². The van der Waals surface area contributed by atoms with Gasteiger partial charge in [-0.3, -0.25) is 4.90 Å². The first-order chi connectivity index (χ1) is 15.7. The summed E-state index contributed by atoms with van der Waals surface area (Å²) in [5.74, 6) is 0.315. The normalized spacial score (nSPS) is 15.4. The van der Waals surface area contributed by atoms with E-state index in [-0.39, 0.29) is 6.09 Å². The molecule has 0 unspecified atom stereocenters. The minimum absolute atomic E-state index is 0.239. The quantitative estimate of drug-likeness (QED) is 0.526. The number of hydrogen-bond acceptors (Lipinski definition) is 5. The predicted octanol–water partition coefficient (Wildman–Crippen LogP) is 4.59. The number of pyridine rings is 1. The fourth-order valence-electron chi connectivity index (χ4n) is 4.56. The van der Waals surface area contributed by atoms with Crippen molar-refractivity contribution in [2.45, 2.75) is 46.3 Å². The Morgan fingerprint density at radius 1 is 1.09 bits per heavy atom. The van der Waals surface area contributed by atoms with Crippen LogP contribution in [0.3, 0.4) is 0 Å². The molecule has 1 aromatic carbocycles. The molecule has 1 amide bonds. The minimum Gasteiger partial charge on any atom is -0.497 e. The minimum atomic E-state index is -0.477. The number of carbonyl (C=O) groups is 1. The van der Waals surface area contributed by atoms with Crippen molar-refractivity contribution in [1.29, 1.82) is 0 Å². The van der Waals surface area contributed by atoms with Gasteiger partial charge in [0.2, 0.25) is 5.95 Å². The number of methoxy groups -OCH3 is 1. The summed E-state index contributed by atoms with van der Waals surface area (Å²) in [6.45, 7) is 12.4. The Hall–Kier alpha value is -2.87. The lowest BCUT2D eigenvalue weighted by Crippen LogP contribution is -2.50. The Morgan fingerprint density at radius 3 is 2.48 bits per heavy atom. The van der Waals surface area contributed by atoms with Crippen LogP contribution in [0.4, 0.5) is 9.18 Å². The maximum atomic E-state index is 13.9. The van der Waals surface area contributed by atoms with Gasteiger partial charge in [0, 0.05) is 55.6 Å². The fourth-order valence-corrected chi connectivity index (χ4v) is 4.56. The van der Waals surface area contributed by atoms with Gasteiger partial charge in [0.05, 0.1) is 24.3 Å². The van der Waals surface area contributed by atoms with Gasteiger partial charge in [0.25, 0.3) is 0 Å². The molecule has 0 saturated carbocycles. The average Bonchev–Trinajstić information content (AvgIpc) is 3.06. The second kappa shape index (κ2) is 9.17. The van der Waals surface area contributed by atoms with E-state index in [1.165, 1.54) is 6.07 Å². The van der Waals surface area contributed by atoms with Gasteiger partial charge in [-0.15, -0.1) is 0 Å². The Bertz CT molecular complexity index is 1160. The summed E-state index contributed by atoms with van der Waals surface area (Å²) >= 11 is 0. The molecule has 3 aromatic rings. The lowest BCUT2D eigenvalue weighted by molar-refractivity contribution is 0.0144. The molecule has 0 bridgehead atoms. The zero-order valence-electron chi connectivity index (χ0n) is 20.2. The highest BCUT2D eigenvalue weighted by atomic mass is 19.1. The van der Waals surface area contributed by atoms with Crippen LogP contribution in [-0.2, 0) is 11.3 Å². The van der Waals surface area contributed by atoms with Crippen molar-refractivity contribution in [3.63, 3.8) is 0 Å². The van der Waals surface area contributed by atoms with Crippen LogP contribution in [-0.4, -0.2) is 70.9 Å². The van der Waals surface area contributed by atoms with Crippen molar-refractivity contribution >= 4 is 27.9 Å². The molecule has 1 aliphatic heterocycles. The summed E-state index contributed by atoms with van der Waals surface area (Å²) in [6, 6.07) is 5.51. The van der Waals surface area contributed by atoms with Crippen LogP contribution in [0, 0.1) is 12.9 Å². The standard InChI is InChI=1S/C25H33FN4O3/c1-17-13-18(32-5)14-20-23(17)19-15-22(26)27-16-21(19)30(20)8-6-7-28-9-11-29(12-10-28)24(31)33-25(2,3)4/h13-16H,6-12H2,1-5H3. The van der Waals surface area contributed by atoms with Gasteiger partial charge in [-0.2, -0.15) is 4.39 Å². The number of piperazine rings is 1. The first kappa shape index (κ1) is 23.3. The molecule has 0 aliphatic carbocycles. The number of carbonyl (C=O) groups excluding carboxylic acids is 1. The molecule has 0 N–H and O–H groups in total. The first-order valence-electron chi connectivity index (χ1n) is 11.5. The monoisotopic (exact) mass is 456 g/mol. The lowest BCUT2D eigenvalue weighted by Gasteiger charge is -2.35. The molecule has 3 heterocycles. The van der Waals surface area contributed by atoms with Gasteiger partial charge in [-0.1, -0.05) is 0 Å². The molecule has 7 nitrogen and oxygen atoms in total. The van der Waals surface area contributed by atoms with E-state index in [1.807, 2.05) is 39.8 Å². The number of benzene rings is 1. The summed E-state index contributed by atoms with van der Waals surface area (Å²) in [5.41, 5.74) is 2.54. The number of ether oxygens (including phenoxy) is 2. The third-order valence-electron chi connectivity index (χ3n) is 6.10. The lowest BCUT2D eigenvalue weighted by atomic mass is 10.1. The van der Waals surface area contributed by atoms with Crippen molar-refractivity contribution in [2.24, 2.45) is 0 Å². The number of fused-ring (bicyclic) bond motifs is 3. The number of rotatable bonds is 5. The smallest absolute Gasteiger partial charge is 0.410 e. The highest BCUT2D eigenvalue weighted by molar-refractivity contribution is 6.09. The van der Waals surface area contributed by atoms with Crippen molar-refractivity contribution in [1.82, 2.24) is 19.4 Å². The molecular formula is C25H33FN4O3. The zero-order chi connectivity index (χ0) is 23.8. The largest absolute Gasteiger partial charge is 0.497 e. The second-order valence-corrected chi connectivity index (χ2v) is 9.68. The summed E-state index contributed by atoms with van der Waals surface area (Å²) < 4.78 is 27.1. The highest BCUT2D eigenvalue weighted by Crippen LogP contribution is 2.34.